The van der Waals surface area contributed by atoms with E-state index in [1.54, 1.807) is 0 Å². The van der Waals surface area contributed by atoms with Crippen LogP contribution in [-0.2, 0) is 15.8 Å². The number of carbonyl (C=O) groups excluding carboxylic acids is 2. The maximum absolute atomic E-state index is 12.6. The minimum atomic E-state index is -4.54. The first-order valence-corrected chi connectivity index (χ1v) is 5.52. The standard InChI is InChI=1S/C13H6ClF3O2/c14-11-3-1-7(13(15,16)17)5-9(11)10-6-8(18)2-4-12(10)19/h1-6H. The molecule has 1 aromatic carbocycles. The number of rotatable bonds is 1. The molecule has 0 bridgehead atoms. The molecule has 0 atom stereocenters. The summed E-state index contributed by atoms with van der Waals surface area (Å²) >= 11 is 5.80. The van der Waals surface area contributed by atoms with E-state index < -0.39 is 23.3 Å². The Kier molecular flexibility index (Phi) is 3.32. The van der Waals surface area contributed by atoms with Crippen molar-refractivity contribution < 1.29 is 22.8 Å². The average Bonchev–Trinajstić information content (AvgIpc) is 2.32. The van der Waals surface area contributed by atoms with Crippen molar-refractivity contribution in [2.24, 2.45) is 0 Å². The smallest absolute Gasteiger partial charge is 0.290 e. The molecule has 0 saturated heterocycles. The molecule has 0 N–H and O–H groups in total. The predicted molar refractivity (Wildman–Crippen MR) is 63.6 cm³/mol. The molecule has 0 saturated carbocycles. The molecule has 1 aliphatic rings. The first-order valence-electron chi connectivity index (χ1n) is 5.14. The molecule has 0 heterocycles. The number of hydrogen-bond donors (Lipinski definition) is 0. The number of benzene rings is 1. The molecule has 6 heteroatoms. The van der Waals surface area contributed by atoms with Crippen LogP contribution in [0.5, 0.6) is 0 Å². The molecule has 1 aliphatic carbocycles. The Morgan fingerprint density at radius 1 is 1.05 bits per heavy atom. The van der Waals surface area contributed by atoms with Crippen molar-refractivity contribution in [1.82, 2.24) is 0 Å². The van der Waals surface area contributed by atoms with Crippen LogP contribution in [-0.4, -0.2) is 11.6 Å². The zero-order valence-electron chi connectivity index (χ0n) is 9.29. The summed E-state index contributed by atoms with van der Waals surface area (Å²) in [6.45, 7) is 0. The van der Waals surface area contributed by atoms with Crippen molar-refractivity contribution >= 4 is 28.7 Å². The summed E-state index contributed by atoms with van der Waals surface area (Å²) in [5.41, 5.74) is -1.16. The van der Waals surface area contributed by atoms with Crippen LogP contribution in [0.1, 0.15) is 11.1 Å². The van der Waals surface area contributed by atoms with Gasteiger partial charge >= 0.3 is 6.18 Å². The molecule has 0 unspecified atom stereocenters. The van der Waals surface area contributed by atoms with Crippen LogP contribution in [0, 0.1) is 0 Å². The first kappa shape index (κ1) is 13.5. The average molecular weight is 287 g/mol. The Bertz CT molecular complexity index is 627. The third-order valence-electron chi connectivity index (χ3n) is 2.53. The molecule has 2 nitrogen and oxygen atoms in total. The van der Waals surface area contributed by atoms with Crippen LogP contribution in [0.15, 0.2) is 36.4 Å². The zero-order valence-corrected chi connectivity index (χ0v) is 10.0. The topological polar surface area (TPSA) is 34.1 Å². The third-order valence-corrected chi connectivity index (χ3v) is 2.86. The van der Waals surface area contributed by atoms with Crippen LogP contribution in [0.4, 0.5) is 13.2 Å². The van der Waals surface area contributed by atoms with E-state index in [9.17, 15) is 22.8 Å². The summed E-state index contributed by atoms with van der Waals surface area (Å²) in [6, 6.07) is 2.63. The number of ketones is 2. The van der Waals surface area contributed by atoms with Crippen molar-refractivity contribution in [2.45, 2.75) is 6.18 Å². The van der Waals surface area contributed by atoms with Gasteiger partial charge in [0, 0.05) is 16.2 Å². The van der Waals surface area contributed by atoms with Gasteiger partial charge < -0.3 is 0 Å². The largest absolute Gasteiger partial charge is 0.416 e. The van der Waals surface area contributed by atoms with Crippen molar-refractivity contribution in [1.29, 1.82) is 0 Å². The van der Waals surface area contributed by atoms with Crippen LogP contribution in [0.25, 0.3) is 5.57 Å². The van der Waals surface area contributed by atoms with Gasteiger partial charge in [-0.15, -0.1) is 0 Å². The Morgan fingerprint density at radius 2 is 1.74 bits per heavy atom. The SMILES string of the molecule is O=C1C=CC(=O)C(c2cc(C(F)(F)F)ccc2Cl)=C1. The minimum absolute atomic E-state index is 0.0179. The van der Waals surface area contributed by atoms with Gasteiger partial charge in [0.15, 0.2) is 11.6 Å². The van der Waals surface area contributed by atoms with Crippen molar-refractivity contribution in [2.75, 3.05) is 0 Å². The number of hydrogen-bond acceptors (Lipinski definition) is 2. The van der Waals surface area contributed by atoms with Gasteiger partial charge in [-0.05, 0) is 36.4 Å². The molecule has 0 spiro atoms. The maximum atomic E-state index is 12.6. The molecule has 19 heavy (non-hydrogen) atoms. The molecular formula is C13H6ClF3O2. The van der Waals surface area contributed by atoms with Gasteiger partial charge in [-0.25, -0.2) is 0 Å². The van der Waals surface area contributed by atoms with E-state index in [-0.39, 0.29) is 16.2 Å². The highest BCUT2D eigenvalue weighted by Gasteiger charge is 2.31. The van der Waals surface area contributed by atoms with Gasteiger partial charge in [0.25, 0.3) is 0 Å². The number of halogens is 4. The lowest BCUT2D eigenvalue weighted by atomic mass is 9.95. The van der Waals surface area contributed by atoms with Crippen LogP contribution >= 0.6 is 11.6 Å². The number of allylic oxidation sites excluding steroid dienone is 4. The van der Waals surface area contributed by atoms with E-state index >= 15 is 0 Å². The van der Waals surface area contributed by atoms with Gasteiger partial charge in [-0.1, -0.05) is 11.6 Å². The van der Waals surface area contributed by atoms with E-state index in [1.165, 1.54) is 0 Å². The second-order valence-corrected chi connectivity index (χ2v) is 4.26. The molecule has 0 aromatic heterocycles. The molecule has 0 aliphatic heterocycles. The maximum Gasteiger partial charge on any atom is 0.416 e. The summed E-state index contributed by atoms with van der Waals surface area (Å²) in [4.78, 5) is 22.8. The predicted octanol–water partition coefficient (Wildman–Crippen LogP) is 3.45. The lowest BCUT2D eigenvalue weighted by molar-refractivity contribution is -0.137. The fourth-order valence-corrected chi connectivity index (χ4v) is 1.85. The normalized spacial score (nSPS) is 15.7. The van der Waals surface area contributed by atoms with E-state index in [2.05, 4.69) is 0 Å². The monoisotopic (exact) mass is 286 g/mol. The highest BCUT2D eigenvalue weighted by molar-refractivity contribution is 6.39. The molecule has 0 amide bonds. The second kappa shape index (κ2) is 4.66. The van der Waals surface area contributed by atoms with Crippen molar-refractivity contribution in [3.63, 3.8) is 0 Å². The Balaban J connectivity index is 2.56. The molecule has 2 rings (SSSR count). The van der Waals surface area contributed by atoms with E-state index in [0.717, 1.165) is 36.4 Å². The molecule has 0 radical (unpaired) electrons. The van der Waals surface area contributed by atoms with Crippen molar-refractivity contribution in [3.8, 4) is 0 Å². The van der Waals surface area contributed by atoms with Crippen LogP contribution in [0.2, 0.25) is 5.02 Å². The van der Waals surface area contributed by atoms with Crippen LogP contribution in [0.3, 0.4) is 0 Å². The van der Waals surface area contributed by atoms with E-state index in [0.29, 0.717) is 0 Å². The summed E-state index contributed by atoms with van der Waals surface area (Å²) in [5, 5.41) is -0.0179. The lowest BCUT2D eigenvalue weighted by Gasteiger charge is -2.12. The summed E-state index contributed by atoms with van der Waals surface area (Å²) in [5.74, 6) is -1.02. The minimum Gasteiger partial charge on any atom is -0.290 e. The summed E-state index contributed by atoms with van der Waals surface area (Å²) in [6.07, 6.45) is -1.51. The van der Waals surface area contributed by atoms with Crippen molar-refractivity contribution in [3.05, 3.63) is 52.6 Å². The second-order valence-electron chi connectivity index (χ2n) is 3.85. The Labute approximate surface area is 111 Å². The Hall–Kier alpha value is -1.88. The van der Waals surface area contributed by atoms with Gasteiger partial charge in [-0.2, -0.15) is 13.2 Å². The van der Waals surface area contributed by atoms with E-state index in [4.69, 9.17) is 11.6 Å². The first-order chi connectivity index (χ1) is 8.79. The van der Waals surface area contributed by atoms with Gasteiger partial charge in [0.2, 0.25) is 0 Å². The zero-order chi connectivity index (χ0) is 14.2. The number of carbonyl (C=O) groups is 2. The summed E-state index contributed by atoms with van der Waals surface area (Å²) in [7, 11) is 0. The number of alkyl halides is 3. The Morgan fingerprint density at radius 3 is 2.37 bits per heavy atom. The molecule has 1 aromatic rings. The molecular weight excluding hydrogens is 281 g/mol. The quantitative estimate of drug-likeness (QED) is 0.741. The fraction of sp³-hybridized carbons (Fsp3) is 0.0769. The van der Waals surface area contributed by atoms with Crippen LogP contribution < -0.4 is 0 Å². The summed E-state index contributed by atoms with van der Waals surface area (Å²) < 4.78 is 37.8. The fourth-order valence-electron chi connectivity index (χ4n) is 1.63. The van der Waals surface area contributed by atoms with Gasteiger partial charge in [0.1, 0.15) is 0 Å². The van der Waals surface area contributed by atoms with E-state index in [1.807, 2.05) is 0 Å². The third kappa shape index (κ3) is 2.76. The molecule has 0 fully saturated rings. The molecule has 98 valence electrons. The lowest BCUT2D eigenvalue weighted by Crippen LogP contribution is -2.10. The van der Waals surface area contributed by atoms with Gasteiger partial charge in [0.05, 0.1) is 5.56 Å². The highest BCUT2D eigenvalue weighted by atomic mass is 35.5. The van der Waals surface area contributed by atoms with Gasteiger partial charge in [-0.3, -0.25) is 9.59 Å². The highest BCUT2D eigenvalue weighted by Crippen LogP contribution is 2.34.